The van der Waals surface area contributed by atoms with Crippen molar-refractivity contribution in [2.45, 2.75) is 26.2 Å². The van der Waals surface area contributed by atoms with E-state index in [9.17, 15) is 9.59 Å². The Bertz CT molecular complexity index is 834. The molecule has 2 saturated heterocycles. The van der Waals surface area contributed by atoms with Gasteiger partial charge in [0.25, 0.3) is 11.8 Å². The van der Waals surface area contributed by atoms with Gasteiger partial charge in [-0.2, -0.15) is 4.98 Å². The summed E-state index contributed by atoms with van der Waals surface area (Å²) >= 11 is 0. The molecule has 1 aromatic heterocycles. The van der Waals surface area contributed by atoms with Crippen LogP contribution in [0.25, 0.3) is 11.5 Å². The molecular formula is C20H25N5O3. The first-order valence-electron chi connectivity index (χ1n) is 9.86. The number of carbonyl (C=O) groups excluding carboxylic acids is 2. The second kappa shape index (κ2) is 8.00. The van der Waals surface area contributed by atoms with Crippen LogP contribution in [-0.4, -0.2) is 76.0 Å². The van der Waals surface area contributed by atoms with Gasteiger partial charge in [-0.15, -0.1) is 0 Å². The van der Waals surface area contributed by atoms with Crippen molar-refractivity contribution < 1.29 is 14.1 Å². The van der Waals surface area contributed by atoms with Crippen LogP contribution >= 0.6 is 0 Å². The number of aryl methyl sites for hydroxylation is 1. The lowest BCUT2D eigenvalue weighted by atomic mass is 10.1. The highest BCUT2D eigenvalue weighted by molar-refractivity contribution is 5.94. The summed E-state index contributed by atoms with van der Waals surface area (Å²) in [4.78, 5) is 35.2. The molecule has 2 aliphatic rings. The number of nitrogens with zero attached hydrogens (tertiary/aromatic N) is 5. The average molecular weight is 383 g/mol. The van der Waals surface area contributed by atoms with Gasteiger partial charge < -0.3 is 19.2 Å². The van der Waals surface area contributed by atoms with Crippen molar-refractivity contribution in [1.29, 1.82) is 0 Å². The summed E-state index contributed by atoms with van der Waals surface area (Å²) in [6.07, 6.45) is 3.38. The number of amides is 3. The van der Waals surface area contributed by atoms with Gasteiger partial charge in [-0.05, 0) is 50.5 Å². The zero-order valence-corrected chi connectivity index (χ0v) is 16.1. The van der Waals surface area contributed by atoms with Crippen molar-refractivity contribution in [2.75, 3.05) is 39.3 Å². The maximum absolute atomic E-state index is 12.8. The molecule has 0 atom stereocenters. The van der Waals surface area contributed by atoms with Crippen LogP contribution < -0.4 is 0 Å². The topological polar surface area (TPSA) is 82.8 Å². The molecule has 0 bridgehead atoms. The van der Waals surface area contributed by atoms with Crippen LogP contribution in [0.2, 0.25) is 0 Å². The molecule has 4 rings (SSSR count). The van der Waals surface area contributed by atoms with Crippen LogP contribution in [0.5, 0.6) is 0 Å². The Labute approximate surface area is 164 Å². The number of benzene rings is 1. The van der Waals surface area contributed by atoms with E-state index < -0.39 is 0 Å². The monoisotopic (exact) mass is 383 g/mol. The molecule has 8 nitrogen and oxygen atoms in total. The molecule has 0 aliphatic carbocycles. The number of piperazine rings is 1. The lowest BCUT2D eigenvalue weighted by Gasteiger charge is -2.38. The first kappa shape index (κ1) is 18.5. The second-order valence-corrected chi connectivity index (χ2v) is 7.33. The van der Waals surface area contributed by atoms with Crippen LogP contribution in [0.4, 0.5) is 4.79 Å². The van der Waals surface area contributed by atoms with E-state index >= 15 is 0 Å². The Morgan fingerprint density at radius 3 is 2.07 bits per heavy atom. The molecule has 0 saturated carbocycles. The van der Waals surface area contributed by atoms with E-state index in [2.05, 4.69) is 10.1 Å². The zero-order chi connectivity index (χ0) is 19.5. The summed E-state index contributed by atoms with van der Waals surface area (Å²) in [5.41, 5.74) is 1.41. The van der Waals surface area contributed by atoms with Gasteiger partial charge in [-0.25, -0.2) is 4.79 Å². The van der Waals surface area contributed by atoms with E-state index in [4.69, 9.17) is 4.52 Å². The van der Waals surface area contributed by atoms with Crippen molar-refractivity contribution in [2.24, 2.45) is 0 Å². The van der Waals surface area contributed by atoms with Gasteiger partial charge in [0.1, 0.15) is 0 Å². The molecule has 1 aromatic carbocycles. The maximum Gasteiger partial charge on any atom is 0.320 e. The van der Waals surface area contributed by atoms with Crippen LogP contribution in [-0.2, 0) is 0 Å². The number of carbonyl (C=O) groups is 2. The number of aromatic nitrogens is 2. The van der Waals surface area contributed by atoms with E-state index in [1.807, 2.05) is 26.8 Å². The molecule has 0 radical (unpaired) electrons. The predicted molar refractivity (Wildman–Crippen MR) is 103 cm³/mol. The van der Waals surface area contributed by atoms with Gasteiger partial charge in [-0.3, -0.25) is 4.79 Å². The smallest absolute Gasteiger partial charge is 0.320 e. The lowest BCUT2D eigenvalue weighted by Crippen LogP contribution is -2.54. The quantitative estimate of drug-likeness (QED) is 0.795. The molecule has 0 spiro atoms. The maximum atomic E-state index is 12.8. The highest BCUT2D eigenvalue weighted by Crippen LogP contribution is 2.19. The molecule has 8 heteroatoms. The summed E-state index contributed by atoms with van der Waals surface area (Å²) in [6, 6.07) is 7.31. The predicted octanol–water partition coefficient (Wildman–Crippen LogP) is 2.41. The van der Waals surface area contributed by atoms with E-state index in [0.717, 1.165) is 31.5 Å². The summed E-state index contributed by atoms with van der Waals surface area (Å²) in [5, 5.41) is 3.78. The molecule has 3 heterocycles. The normalized spacial score (nSPS) is 17.7. The molecule has 2 aliphatic heterocycles. The summed E-state index contributed by atoms with van der Waals surface area (Å²) in [5.74, 6) is 1.01. The van der Waals surface area contributed by atoms with Gasteiger partial charge in [0.05, 0.1) is 0 Å². The first-order valence-corrected chi connectivity index (χ1v) is 9.86. The van der Waals surface area contributed by atoms with Gasteiger partial charge in [0.2, 0.25) is 0 Å². The Kier molecular flexibility index (Phi) is 5.27. The molecule has 0 unspecified atom stereocenters. The fourth-order valence-corrected chi connectivity index (χ4v) is 3.74. The standard InChI is InChI=1S/C20H25N5O3/c1-15-21-18(28-22-15)16-5-7-17(8-6-16)19(26)23-11-13-25(14-12-23)20(27)24-9-3-2-4-10-24/h5-8H,2-4,9-14H2,1H3. The van der Waals surface area contributed by atoms with Crippen molar-refractivity contribution in [3.63, 3.8) is 0 Å². The van der Waals surface area contributed by atoms with Gasteiger partial charge in [0.15, 0.2) is 5.82 Å². The Hall–Kier alpha value is -2.90. The Balaban J connectivity index is 1.34. The number of hydrogen-bond acceptors (Lipinski definition) is 5. The number of piperidine rings is 1. The van der Waals surface area contributed by atoms with Crippen molar-refractivity contribution in [1.82, 2.24) is 24.8 Å². The third-order valence-electron chi connectivity index (χ3n) is 5.37. The fourth-order valence-electron chi connectivity index (χ4n) is 3.74. The largest absolute Gasteiger partial charge is 0.335 e. The third-order valence-corrected chi connectivity index (χ3v) is 5.37. The summed E-state index contributed by atoms with van der Waals surface area (Å²) in [6.45, 7) is 5.75. The molecule has 28 heavy (non-hydrogen) atoms. The minimum absolute atomic E-state index is 0.0154. The molecule has 2 fully saturated rings. The van der Waals surface area contributed by atoms with Crippen molar-refractivity contribution in [3.8, 4) is 11.5 Å². The fraction of sp³-hybridized carbons (Fsp3) is 0.500. The Morgan fingerprint density at radius 2 is 1.46 bits per heavy atom. The lowest BCUT2D eigenvalue weighted by molar-refractivity contribution is 0.0633. The summed E-state index contributed by atoms with van der Waals surface area (Å²) < 4.78 is 5.15. The second-order valence-electron chi connectivity index (χ2n) is 7.33. The first-order chi connectivity index (χ1) is 13.6. The molecule has 3 amide bonds. The molecule has 2 aromatic rings. The Morgan fingerprint density at radius 1 is 0.857 bits per heavy atom. The van der Waals surface area contributed by atoms with E-state index in [-0.39, 0.29) is 11.9 Å². The summed E-state index contributed by atoms with van der Waals surface area (Å²) in [7, 11) is 0. The number of rotatable bonds is 2. The number of urea groups is 1. The number of hydrogen-bond donors (Lipinski definition) is 0. The van der Waals surface area contributed by atoms with Crippen LogP contribution in [0, 0.1) is 6.92 Å². The van der Waals surface area contributed by atoms with Crippen LogP contribution in [0.1, 0.15) is 35.4 Å². The van der Waals surface area contributed by atoms with E-state index in [1.54, 1.807) is 19.1 Å². The number of likely N-dealkylation sites (tertiary alicyclic amines) is 1. The SMILES string of the molecule is Cc1noc(-c2ccc(C(=O)N3CCN(C(=O)N4CCCCC4)CC3)cc2)n1. The van der Waals surface area contributed by atoms with Gasteiger partial charge in [0, 0.05) is 50.4 Å². The van der Waals surface area contributed by atoms with Crippen LogP contribution in [0.15, 0.2) is 28.8 Å². The zero-order valence-electron chi connectivity index (χ0n) is 16.1. The highest BCUT2D eigenvalue weighted by atomic mass is 16.5. The minimum Gasteiger partial charge on any atom is -0.335 e. The molecule has 0 N–H and O–H groups in total. The van der Waals surface area contributed by atoms with Gasteiger partial charge in [-0.1, -0.05) is 5.16 Å². The third kappa shape index (κ3) is 3.85. The molecular weight excluding hydrogens is 358 g/mol. The van der Waals surface area contributed by atoms with Crippen molar-refractivity contribution >= 4 is 11.9 Å². The van der Waals surface area contributed by atoms with Crippen molar-refractivity contribution in [3.05, 3.63) is 35.7 Å². The van der Waals surface area contributed by atoms with E-state index in [1.165, 1.54) is 6.42 Å². The average Bonchev–Trinajstić information content (AvgIpc) is 3.20. The highest BCUT2D eigenvalue weighted by Gasteiger charge is 2.28. The van der Waals surface area contributed by atoms with E-state index in [0.29, 0.717) is 43.5 Å². The molecule has 148 valence electrons. The van der Waals surface area contributed by atoms with Crippen LogP contribution in [0.3, 0.4) is 0 Å². The van der Waals surface area contributed by atoms with Gasteiger partial charge >= 0.3 is 6.03 Å². The minimum atomic E-state index is -0.0154.